The lowest BCUT2D eigenvalue weighted by Crippen LogP contribution is -2.09. The number of anilines is 1. The molecule has 0 unspecified atom stereocenters. The van der Waals surface area contributed by atoms with Gasteiger partial charge >= 0.3 is 6.18 Å². The van der Waals surface area contributed by atoms with Crippen LogP contribution in [0, 0.1) is 0 Å². The molecular weight excluding hydrogens is 269 g/mol. The first-order valence-electron chi connectivity index (χ1n) is 4.84. The summed E-state index contributed by atoms with van der Waals surface area (Å²) < 4.78 is 42.9. The fourth-order valence-electron chi connectivity index (χ4n) is 1.62. The molecule has 2 rings (SSSR count). The number of nitrogens with zero attached hydrogens (tertiary/aromatic N) is 1. The topological polar surface area (TPSA) is 48.1 Å². The number of nitrogens with two attached hydrogens (primary N) is 1. The first kappa shape index (κ1) is 12.8. The maximum absolute atomic E-state index is 12.6. The highest BCUT2D eigenvalue weighted by atomic mass is 35.5. The molecule has 7 heteroatoms. The molecule has 0 radical (unpaired) electrons. The van der Waals surface area contributed by atoms with Crippen molar-refractivity contribution in [2.75, 3.05) is 12.8 Å². The Kier molecular flexibility index (Phi) is 2.98. The minimum absolute atomic E-state index is 0.0247. The number of hydrogen-bond acceptors (Lipinski definition) is 3. The number of pyridine rings is 1. The minimum atomic E-state index is -4.57. The zero-order chi connectivity index (χ0) is 13.5. The molecule has 0 spiro atoms. The van der Waals surface area contributed by atoms with Crippen molar-refractivity contribution in [3.05, 3.63) is 28.9 Å². The quantitative estimate of drug-likeness (QED) is 0.867. The highest BCUT2D eigenvalue weighted by molar-refractivity contribution is 6.35. The van der Waals surface area contributed by atoms with Crippen molar-refractivity contribution < 1.29 is 17.9 Å². The van der Waals surface area contributed by atoms with Gasteiger partial charge in [0.1, 0.15) is 11.4 Å². The molecule has 2 N–H and O–H groups in total. The van der Waals surface area contributed by atoms with Gasteiger partial charge in [0.2, 0.25) is 0 Å². The van der Waals surface area contributed by atoms with Crippen LogP contribution in [0.15, 0.2) is 18.2 Å². The lowest BCUT2D eigenvalue weighted by atomic mass is 10.1. The predicted octanol–water partition coefficient (Wildman–Crippen LogP) is 3.50. The second kappa shape index (κ2) is 4.20. The van der Waals surface area contributed by atoms with Crippen LogP contribution in [0.5, 0.6) is 5.75 Å². The molecule has 0 bridgehead atoms. The van der Waals surface area contributed by atoms with E-state index in [1.165, 1.54) is 19.2 Å². The van der Waals surface area contributed by atoms with Crippen molar-refractivity contribution in [2.24, 2.45) is 0 Å². The minimum Gasteiger partial charge on any atom is -0.496 e. The molecule has 3 nitrogen and oxygen atoms in total. The second-order valence-electron chi connectivity index (χ2n) is 3.57. The molecular formula is C11H8ClF3N2O. The van der Waals surface area contributed by atoms with E-state index in [2.05, 4.69) is 4.98 Å². The Hall–Kier alpha value is -1.69. The first-order chi connectivity index (χ1) is 8.34. The summed E-state index contributed by atoms with van der Waals surface area (Å²) in [5.41, 5.74) is 4.44. The third-order valence-electron chi connectivity index (χ3n) is 2.41. The summed E-state index contributed by atoms with van der Waals surface area (Å²) in [5, 5.41) is 0.363. The normalized spacial score (nSPS) is 11.8. The third-order valence-corrected chi connectivity index (χ3v) is 2.72. The van der Waals surface area contributed by atoms with Gasteiger partial charge in [-0.25, -0.2) is 4.98 Å². The molecule has 0 fully saturated rings. The average Bonchev–Trinajstić information content (AvgIpc) is 2.29. The number of nitrogen functional groups attached to an aromatic ring is 1. The van der Waals surface area contributed by atoms with Gasteiger partial charge in [-0.3, -0.25) is 0 Å². The van der Waals surface area contributed by atoms with Gasteiger partial charge in [-0.15, -0.1) is 0 Å². The Morgan fingerprint density at radius 1 is 1.33 bits per heavy atom. The highest BCUT2D eigenvalue weighted by Gasteiger charge is 2.33. The molecule has 0 saturated heterocycles. The molecule has 0 aliphatic heterocycles. The van der Waals surface area contributed by atoms with Crippen molar-refractivity contribution in [1.29, 1.82) is 0 Å². The summed E-state index contributed by atoms with van der Waals surface area (Å²) in [6.45, 7) is 0. The molecule has 0 amide bonds. The Bertz CT molecular complexity index is 613. The molecule has 2 aromatic rings. The average molecular weight is 277 g/mol. The van der Waals surface area contributed by atoms with Crippen molar-refractivity contribution in [1.82, 2.24) is 4.98 Å². The molecule has 0 saturated carbocycles. The van der Waals surface area contributed by atoms with Gasteiger partial charge in [-0.2, -0.15) is 13.2 Å². The number of hydrogen-bond donors (Lipinski definition) is 1. The van der Waals surface area contributed by atoms with E-state index >= 15 is 0 Å². The number of methoxy groups -OCH3 is 1. The maximum atomic E-state index is 12.6. The van der Waals surface area contributed by atoms with Gasteiger partial charge in [0.25, 0.3) is 0 Å². The van der Waals surface area contributed by atoms with E-state index in [1.807, 2.05) is 0 Å². The van der Waals surface area contributed by atoms with E-state index in [9.17, 15) is 13.2 Å². The predicted molar refractivity (Wildman–Crippen MR) is 62.7 cm³/mol. The van der Waals surface area contributed by atoms with E-state index < -0.39 is 11.9 Å². The van der Waals surface area contributed by atoms with Crippen LogP contribution >= 0.6 is 11.6 Å². The Morgan fingerprint density at radius 2 is 2.00 bits per heavy atom. The van der Waals surface area contributed by atoms with Gasteiger partial charge in [-0.05, 0) is 18.2 Å². The summed E-state index contributed by atoms with van der Waals surface area (Å²) in [6.07, 6.45) is -4.57. The number of alkyl halides is 3. The first-order valence-corrected chi connectivity index (χ1v) is 5.22. The van der Waals surface area contributed by atoms with E-state index in [-0.39, 0.29) is 21.6 Å². The monoisotopic (exact) mass is 276 g/mol. The van der Waals surface area contributed by atoms with Gasteiger partial charge < -0.3 is 10.5 Å². The fourth-order valence-corrected chi connectivity index (χ4v) is 1.82. The van der Waals surface area contributed by atoms with Gasteiger partial charge in [-0.1, -0.05) is 11.6 Å². The molecule has 0 aliphatic rings. The number of halogens is 4. The van der Waals surface area contributed by atoms with Gasteiger partial charge in [0.15, 0.2) is 0 Å². The lowest BCUT2D eigenvalue weighted by molar-refractivity contribution is -0.140. The summed E-state index contributed by atoms with van der Waals surface area (Å²) in [4.78, 5) is 3.50. The van der Waals surface area contributed by atoms with E-state index in [4.69, 9.17) is 22.1 Å². The summed E-state index contributed by atoms with van der Waals surface area (Å²) >= 11 is 5.84. The molecule has 1 heterocycles. The van der Waals surface area contributed by atoms with Crippen LogP contribution < -0.4 is 10.5 Å². The SMILES string of the molecule is COc1ccc(Cl)c2nc(C(F)(F)F)cc(N)c12. The molecule has 0 aliphatic carbocycles. The number of fused-ring (bicyclic) bond motifs is 1. The lowest BCUT2D eigenvalue weighted by Gasteiger charge is -2.12. The van der Waals surface area contributed by atoms with E-state index in [0.29, 0.717) is 5.75 Å². The molecule has 1 aromatic heterocycles. The maximum Gasteiger partial charge on any atom is 0.433 e. The largest absolute Gasteiger partial charge is 0.496 e. The van der Waals surface area contributed by atoms with Crippen LogP contribution in [-0.2, 0) is 6.18 Å². The molecule has 18 heavy (non-hydrogen) atoms. The van der Waals surface area contributed by atoms with Crippen molar-refractivity contribution in [3.8, 4) is 5.75 Å². The van der Waals surface area contributed by atoms with E-state index in [0.717, 1.165) is 6.07 Å². The molecule has 96 valence electrons. The van der Waals surface area contributed by atoms with Gasteiger partial charge in [0, 0.05) is 5.69 Å². The van der Waals surface area contributed by atoms with Crippen LogP contribution in [0.25, 0.3) is 10.9 Å². The van der Waals surface area contributed by atoms with Crippen molar-refractivity contribution >= 4 is 28.2 Å². The smallest absolute Gasteiger partial charge is 0.433 e. The zero-order valence-electron chi connectivity index (χ0n) is 9.18. The Balaban J connectivity index is 2.85. The Labute approximate surface area is 105 Å². The van der Waals surface area contributed by atoms with Crippen LogP contribution in [-0.4, -0.2) is 12.1 Å². The standard InChI is InChI=1S/C11H8ClF3N2O/c1-18-7-3-2-5(12)10-9(7)6(16)4-8(17-10)11(13,14)15/h2-4H,1H3,(H2,16,17). The number of rotatable bonds is 1. The third kappa shape index (κ3) is 2.03. The van der Waals surface area contributed by atoms with Crippen molar-refractivity contribution in [2.45, 2.75) is 6.18 Å². The van der Waals surface area contributed by atoms with E-state index in [1.54, 1.807) is 0 Å². The summed E-state index contributed by atoms with van der Waals surface area (Å²) in [6, 6.07) is 3.70. The molecule has 0 atom stereocenters. The van der Waals surface area contributed by atoms with Crippen molar-refractivity contribution in [3.63, 3.8) is 0 Å². The zero-order valence-corrected chi connectivity index (χ0v) is 9.93. The van der Waals surface area contributed by atoms with Crippen LogP contribution in [0.4, 0.5) is 18.9 Å². The number of aromatic nitrogens is 1. The van der Waals surface area contributed by atoms with Crippen LogP contribution in [0.2, 0.25) is 5.02 Å². The van der Waals surface area contributed by atoms with Gasteiger partial charge in [0.05, 0.1) is 23.0 Å². The fraction of sp³-hybridized carbons (Fsp3) is 0.182. The number of ether oxygens (including phenoxy) is 1. The van der Waals surface area contributed by atoms with Crippen LogP contribution in [0.3, 0.4) is 0 Å². The molecule has 1 aromatic carbocycles. The second-order valence-corrected chi connectivity index (χ2v) is 3.97. The van der Waals surface area contributed by atoms with Crippen LogP contribution in [0.1, 0.15) is 5.69 Å². The summed E-state index contributed by atoms with van der Waals surface area (Å²) in [7, 11) is 1.39. The number of benzene rings is 1. The Morgan fingerprint density at radius 3 is 2.56 bits per heavy atom. The highest BCUT2D eigenvalue weighted by Crippen LogP contribution is 2.38. The summed E-state index contributed by atoms with van der Waals surface area (Å²) in [5.74, 6) is 0.327.